The molecule has 0 radical (unpaired) electrons. The maximum Gasteiger partial charge on any atom is 0.163 e. The van der Waals surface area contributed by atoms with Gasteiger partial charge in [-0.05, 0) is 66.8 Å². The average molecular weight is 489 g/mol. The summed E-state index contributed by atoms with van der Waals surface area (Å²) in [5.74, 6) is 1.18. The number of ketones is 1. The van der Waals surface area contributed by atoms with Crippen molar-refractivity contribution in [1.29, 1.82) is 0 Å². The van der Waals surface area contributed by atoms with Crippen LogP contribution < -0.4 is 15.4 Å². The molecule has 0 saturated carbocycles. The molecule has 3 aromatic carbocycles. The lowest BCUT2D eigenvalue weighted by Gasteiger charge is -2.30. The first-order chi connectivity index (χ1) is 15.6. The Morgan fingerprint density at radius 1 is 0.938 bits per heavy atom. The van der Waals surface area contributed by atoms with Crippen LogP contribution in [0.5, 0.6) is 5.75 Å². The first kappa shape index (κ1) is 20.8. The molecule has 0 spiro atoms. The van der Waals surface area contributed by atoms with Gasteiger partial charge in [0.15, 0.2) is 5.78 Å². The molecule has 32 heavy (non-hydrogen) atoms. The molecule has 1 heterocycles. The van der Waals surface area contributed by atoms with Gasteiger partial charge < -0.3 is 15.4 Å². The van der Waals surface area contributed by atoms with Crippen LogP contribution >= 0.6 is 15.9 Å². The number of allylic oxidation sites excluding steroid dienone is 1. The normalized spacial score (nSPS) is 19.9. The van der Waals surface area contributed by atoms with Gasteiger partial charge in [0.1, 0.15) is 5.75 Å². The summed E-state index contributed by atoms with van der Waals surface area (Å²) in [6.45, 7) is 2.62. The van der Waals surface area contributed by atoms with Crippen molar-refractivity contribution in [2.45, 2.75) is 31.7 Å². The van der Waals surface area contributed by atoms with Crippen molar-refractivity contribution in [3.63, 3.8) is 0 Å². The number of carbonyl (C=O) groups excluding carboxylic acids is 1. The number of fused-ring (bicyclic) bond motifs is 1. The highest BCUT2D eigenvalue weighted by molar-refractivity contribution is 9.10. The molecule has 1 aliphatic carbocycles. The molecule has 0 aromatic heterocycles. The van der Waals surface area contributed by atoms with Gasteiger partial charge in [0.05, 0.1) is 24.0 Å². The number of ether oxygens (including phenoxy) is 1. The van der Waals surface area contributed by atoms with Crippen molar-refractivity contribution >= 4 is 33.1 Å². The maximum absolute atomic E-state index is 13.6. The van der Waals surface area contributed by atoms with E-state index in [0.717, 1.165) is 44.9 Å². The fourth-order valence-corrected chi connectivity index (χ4v) is 5.08. The molecule has 0 bridgehead atoms. The molecule has 4 nitrogen and oxygen atoms in total. The molecule has 0 saturated heterocycles. The number of hydrogen-bond acceptors (Lipinski definition) is 4. The number of benzene rings is 3. The maximum atomic E-state index is 13.6. The minimum absolute atomic E-state index is 0.137. The number of anilines is 2. The first-order valence-electron chi connectivity index (χ1n) is 11.0. The second kappa shape index (κ2) is 8.83. The van der Waals surface area contributed by atoms with Gasteiger partial charge in [0, 0.05) is 22.2 Å². The van der Waals surface area contributed by atoms with E-state index in [0.29, 0.717) is 13.0 Å². The number of rotatable bonds is 4. The fourth-order valence-electron chi connectivity index (χ4n) is 4.67. The van der Waals surface area contributed by atoms with E-state index in [9.17, 15) is 4.79 Å². The summed E-state index contributed by atoms with van der Waals surface area (Å²) in [5.41, 5.74) is 6.07. The van der Waals surface area contributed by atoms with Crippen molar-refractivity contribution < 1.29 is 9.53 Å². The molecule has 0 fully saturated rings. The minimum Gasteiger partial charge on any atom is -0.494 e. The van der Waals surface area contributed by atoms with Gasteiger partial charge >= 0.3 is 0 Å². The van der Waals surface area contributed by atoms with Gasteiger partial charge in [0.2, 0.25) is 0 Å². The van der Waals surface area contributed by atoms with E-state index in [1.165, 1.54) is 5.56 Å². The Kier molecular flexibility index (Phi) is 5.75. The molecular weight excluding hydrogens is 464 g/mol. The van der Waals surface area contributed by atoms with Gasteiger partial charge in [0.25, 0.3) is 0 Å². The topological polar surface area (TPSA) is 50.4 Å². The summed E-state index contributed by atoms with van der Waals surface area (Å²) < 4.78 is 6.58. The van der Waals surface area contributed by atoms with Crippen LogP contribution in [0.2, 0.25) is 0 Å². The smallest absolute Gasteiger partial charge is 0.163 e. The molecule has 0 amide bonds. The lowest BCUT2D eigenvalue weighted by Crippen LogP contribution is -2.26. The van der Waals surface area contributed by atoms with E-state index >= 15 is 0 Å². The van der Waals surface area contributed by atoms with Crippen LogP contribution in [0.25, 0.3) is 0 Å². The Labute approximate surface area is 196 Å². The van der Waals surface area contributed by atoms with Gasteiger partial charge in [-0.3, -0.25) is 4.79 Å². The molecule has 2 atom stereocenters. The molecule has 5 heteroatoms. The molecule has 2 N–H and O–H groups in total. The van der Waals surface area contributed by atoms with Gasteiger partial charge in [-0.25, -0.2) is 0 Å². The Bertz CT molecular complexity index is 1190. The highest BCUT2D eigenvalue weighted by atomic mass is 79.9. The van der Waals surface area contributed by atoms with Crippen molar-refractivity contribution in [1.82, 2.24) is 0 Å². The lowest BCUT2D eigenvalue weighted by atomic mass is 9.78. The zero-order valence-electron chi connectivity index (χ0n) is 17.9. The Morgan fingerprint density at radius 2 is 1.72 bits per heavy atom. The first-order valence-corrected chi connectivity index (χ1v) is 11.8. The molecule has 5 rings (SSSR count). The van der Waals surface area contributed by atoms with E-state index in [1.807, 2.05) is 43.3 Å². The van der Waals surface area contributed by atoms with Crippen molar-refractivity contribution in [3.8, 4) is 5.75 Å². The van der Waals surface area contributed by atoms with Crippen LogP contribution in [0.15, 0.2) is 88.5 Å². The fraction of sp³-hybridized carbons (Fsp3) is 0.222. The highest BCUT2D eigenvalue weighted by Crippen LogP contribution is 2.44. The Morgan fingerprint density at radius 3 is 2.47 bits per heavy atom. The number of halogens is 1. The number of hydrogen-bond donors (Lipinski definition) is 2. The van der Waals surface area contributed by atoms with Crippen LogP contribution in [-0.4, -0.2) is 12.4 Å². The molecule has 1 aliphatic heterocycles. The Balaban J connectivity index is 1.55. The Hall–Kier alpha value is -3.05. The van der Waals surface area contributed by atoms with E-state index < -0.39 is 0 Å². The summed E-state index contributed by atoms with van der Waals surface area (Å²) in [5, 5.41) is 7.23. The van der Waals surface area contributed by atoms with Crippen molar-refractivity contribution in [3.05, 3.63) is 99.7 Å². The summed E-state index contributed by atoms with van der Waals surface area (Å²) >= 11 is 3.59. The van der Waals surface area contributed by atoms with Gasteiger partial charge in [-0.15, -0.1) is 0 Å². The third-order valence-corrected chi connectivity index (χ3v) is 6.65. The van der Waals surface area contributed by atoms with Gasteiger partial charge in [-0.2, -0.15) is 0 Å². The second-order valence-electron chi connectivity index (χ2n) is 8.23. The number of carbonyl (C=O) groups is 1. The SMILES string of the molecule is CCOc1ccc(C2CC(=O)C3=C(C2)Nc2ccccc2NC3c2cccc(Br)c2)cc1. The number of nitrogens with one attached hydrogen (secondary N) is 2. The predicted molar refractivity (Wildman–Crippen MR) is 132 cm³/mol. The summed E-state index contributed by atoms with van der Waals surface area (Å²) in [7, 11) is 0. The van der Waals surface area contributed by atoms with Crippen molar-refractivity contribution in [2.75, 3.05) is 17.2 Å². The van der Waals surface area contributed by atoms with Crippen LogP contribution in [0.1, 0.15) is 42.9 Å². The molecule has 162 valence electrons. The summed E-state index contributed by atoms with van der Waals surface area (Å²) in [4.78, 5) is 13.6. The third-order valence-electron chi connectivity index (χ3n) is 6.15. The highest BCUT2D eigenvalue weighted by Gasteiger charge is 2.36. The van der Waals surface area contributed by atoms with Crippen molar-refractivity contribution in [2.24, 2.45) is 0 Å². The van der Waals surface area contributed by atoms with E-state index in [2.05, 4.69) is 63.0 Å². The average Bonchev–Trinajstić information content (AvgIpc) is 2.97. The van der Waals surface area contributed by atoms with E-state index in [4.69, 9.17) is 4.74 Å². The lowest BCUT2D eigenvalue weighted by molar-refractivity contribution is -0.116. The van der Waals surface area contributed by atoms with Crippen LogP contribution in [0, 0.1) is 0 Å². The van der Waals surface area contributed by atoms with Gasteiger partial charge in [-0.1, -0.05) is 52.3 Å². The van der Waals surface area contributed by atoms with Crippen LogP contribution in [0.4, 0.5) is 11.4 Å². The second-order valence-corrected chi connectivity index (χ2v) is 9.14. The zero-order valence-corrected chi connectivity index (χ0v) is 19.5. The molecule has 2 unspecified atom stereocenters. The summed E-state index contributed by atoms with van der Waals surface area (Å²) in [6, 6.07) is 24.3. The van der Waals surface area contributed by atoms with Crippen LogP contribution in [-0.2, 0) is 4.79 Å². The molecule has 3 aromatic rings. The van der Waals surface area contributed by atoms with E-state index in [1.54, 1.807) is 0 Å². The minimum atomic E-state index is -0.201. The zero-order chi connectivity index (χ0) is 22.1. The predicted octanol–water partition coefficient (Wildman–Crippen LogP) is 6.83. The largest absolute Gasteiger partial charge is 0.494 e. The van der Waals surface area contributed by atoms with Crippen LogP contribution in [0.3, 0.4) is 0 Å². The number of Topliss-reactive ketones (excluding diaryl/α,β-unsaturated/α-hetero) is 1. The molecule has 2 aliphatic rings. The summed E-state index contributed by atoms with van der Waals surface area (Å²) in [6.07, 6.45) is 1.28. The quantitative estimate of drug-likeness (QED) is 0.422. The van der Waals surface area contributed by atoms with E-state index in [-0.39, 0.29) is 17.7 Å². The monoisotopic (exact) mass is 488 g/mol. The third kappa shape index (κ3) is 4.05. The standard InChI is InChI=1S/C27H25BrN2O2/c1-2-32-21-12-10-17(11-13-21)19-15-24-26(25(31)16-19)27(18-6-5-7-20(28)14-18)30-23-9-4-3-8-22(23)29-24/h3-14,19,27,29-30H,2,15-16H2,1H3. The number of para-hydroxylation sites is 2. The molecular formula is C27H25BrN2O2.